The molecular weight excluding hydrogens is 469 g/mol. The largest absolute Gasteiger partial charge is 0.477 e. The van der Waals surface area contributed by atoms with Crippen molar-refractivity contribution >= 4 is 54.9 Å². The monoisotopic (exact) mass is 495 g/mol. The third-order valence-electron chi connectivity index (χ3n) is 6.91. The zero-order chi connectivity index (χ0) is 24.9. The first-order valence-corrected chi connectivity index (χ1v) is 12.6. The van der Waals surface area contributed by atoms with Gasteiger partial charge in [0.1, 0.15) is 16.2 Å². The number of benzene rings is 2. The molecule has 35 heavy (non-hydrogen) atoms. The van der Waals surface area contributed by atoms with Gasteiger partial charge < -0.3 is 14.9 Å². The van der Waals surface area contributed by atoms with Crippen molar-refractivity contribution in [3.05, 3.63) is 58.0 Å². The SMILES string of the molecule is CCN(CC)C(=O)C1CCCN(c2cc3c(=O)c(C(=O)O)c4sc5ccccc5n4c3cc2F)C1. The summed E-state index contributed by atoms with van der Waals surface area (Å²) in [5.41, 5.74) is 0.330. The normalized spacial score (nSPS) is 16.3. The number of carbonyl (C=O) groups excluding carboxylic acids is 1. The van der Waals surface area contributed by atoms with Gasteiger partial charge in [-0.05, 0) is 44.9 Å². The smallest absolute Gasteiger partial charge is 0.342 e. The average molecular weight is 496 g/mol. The number of anilines is 1. The molecule has 1 aliphatic heterocycles. The molecule has 0 saturated carbocycles. The van der Waals surface area contributed by atoms with Crippen molar-refractivity contribution in [2.75, 3.05) is 31.1 Å². The molecule has 9 heteroatoms. The van der Waals surface area contributed by atoms with Gasteiger partial charge in [-0.2, -0.15) is 0 Å². The fourth-order valence-electron chi connectivity index (χ4n) is 5.16. The predicted molar refractivity (Wildman–Crippen MR) is 136 cm³/mol. The summed E-state index contributed by atoms with van der Waals surface area (Å²) in [5, 5.41) is 10.0. The second-order valence-electron chi connectivity index (χ2n) is 8.84. The highest BCUT2D eigenvalue weighted by atomic mass is 32.1. The van der Waals surface area contributed by atoms with Crippen molar-refractivity contribution in [1.82, 2.24) is 9.30 Å². The summed E-state index contributed by atoms with van der Waals surface area (Å²) in [6, 6.07) is 10.1. The van der Waals surface area contributed by atoms with Gasteiger partial charge in [0.05, 0.1) is 27.3 Å². The molecule has 1 atom stereocenters. The quantitative estimate of drug-likeness (QED) is 0.438. The van der Waals surface area contributed by atoms with E-state index in [1.807, 2.05) is 43.0 Å². The number of para-hydroxylation sites is 1. The van der Waals surface area contributed by atoms with Crippen molar-refractivity contribution in [1.29, 1.82) is 0 Å². The van der Waals surface area contributed by atoms with E-state index in [1.54, 1.807) is 9.30 Å². The molecule has 0 bridgehead atoms. The number of hydrogen-bond acceptors (Lipinski definition) is 5. The first-order valence-electron chi connectivity index (χ1n) is 11.8. The minimum atomic E-state index is -1.31. The molecule has 0 radical (unpaired) electrons. The predicted octanol–water partition coefficient (Wildman–Crippen LogP) is 4.59. The number of carbonyl (C=O) groups is 2. The maximum absolute atomic E-state index is 15.6. The molecule has 1 N–H and O–H groups in total. The standard InChI is InChI=1S/C26H26FN3O4S/c1-3-28(4-2)24(32)15-8-7-11-29(14-15)20-12-16-19(13-17(20)27)30-18-9-5-6-10-21(18)35-25(30)22(23(16)31)26(33)34/h5-6,9-10,12-13,15H,3-4,7-8,11,14H2,1-2H3,(H,33,34). The van der Waals surface area contributed by atoms with E-state index in [4.69, 9.17) is 0 Å². The number of piperidine rings is 1. The van der Waals surface area contributed by atoms with Crippen LogP contribution < -0.4 is 10.3 Å². The van der Waals surface area contributed by atoms with E-state index < -0.39 is 17.2 Å². The lowest BCUT2D eigenvalue weighted by molar-refractivity contribution is -0.135. The number of aromatic carboxylic acids is 1. The number of fused-ring (bicyclic) bond motifs is 5. The van der Waals surface area contributed by atoms with Gasteiger partial charge in [0.15, 0.2) is 0 Å². The Bertz CT molecular complexity index is 1540. The zero-order valence-corrected chi connectivity index (χ0v) is 20.4. The maximum Gasteiger partial charge on any atom is 0.342 e. The van der Waals surface area contributed by atoms with Crippen LogP contribution in [0.5, 0.6) is 0 Å². The number of carboxylic acid groups (broad SMARTS) is 1. The summed E-state index contributed by atoms with van der Waals surface area (Å²) >= 11 is 1.20. The van der Waals surface area contributed by atoms with Crippen molar-refractivity contribution in [3.63, 3.8) is 0 Å². The average Bonchev–Trinajstić information content (AvgIpc) is 3.23. The van der Waals surface area contributed by atoms with E-state index >= 15 is 4.39 Å². The summed E-state index contributed by atoms with van der Waals surface area (Å²) in [6.07, 6.45) is 1.46. The van der Waals surface area contributed by atoms with Crippen LogP contribution in [-0.2, 0) is 4.79 Å². The van der Waals surface area contributed by atoms with Crippen molar-refractivity contribution in [2.45, 2.75) is 26.7 Å². The van der Waals surface area contributed by atoms with Crippen LogP contribution in [0.25, 0.3) is 25.9 Å². The highest BCUT2D eigenvalue weighted by molar-refractivity contribution is 7.24. The molecule has 1 unspecified atom stereocenters. The van der Waals surface area contributed by atoms with Crippen LogP contribution in [0.4, 0.5) is 10.1 Å². The van der Waals surface area contributed by atoms with Crippen LogP contribution in [0, 0.1) is 11.7 Å². The third kappa shape index (κ3) is 3.74. The Morgan fingerprint density at radius 1 is 1.17 bits per heavy atom. The van der Waals surface area contributed by atoms with Crippen LogP contribution in [0.15, 0.2) is 41.2 Å². The van der Waals surface area contributed by atoms with E-state index in [9.17, 15) is 19.5 Å². The number of hydrogen-bond donors (Lipinski definition) is 1. The minimum Gasteiger partial charge on any atom is -0.477 e. The first-order chi connectivity index (χ1) is 16.8. The molecule has 2 aromatic carbocycles. The third-order valence-corrected chi connectivity index (χ3v) is 8.05. The molecule has 1 fully saturated rings. The fraction of sp³-hybridized carbons (Fsp3) is 0.346. The van der Waals surface area contributed by atoms with Crippen molar-refractivity contribution in [2.24, 2.45) is 5.92 Å². The van der Waals surface area contributed by atoms with Gasteiger partial charge in [0.25, 0.3) is 0 Å². The molecule has 5 rings (SSSR count). The van der Waals surface area contributed by atoms with Crippen LogP contribution in [-0.4, -0.2) is 52.5 Å². The van der Waals surface area contributed by atoms with E-state index in [1.165, 1.54) is 23.5 Å². The number of halogens is 1. The molecule has 4 aromatic rings. The molecule has 7 nitrogen and oxygen atoms in total. The maximum atomic E-state index is 15.6. The number of rotatable bonds is 5. The van der Waals surface area contributed by atoms with E-state index in [2.05, 4.69) is 0 Å². The Morgan fingerprint density at radius 3 is 2.63 bits per heavy atom. The van der Waals surface area contributed by atoms with E-state index in [-0.39, 0.29) is 33.3 Å². The summed E-state index contributed by atoms with van der Waals surface area (Å²) < 4.78 is 18.1. The van der Waals surface area contributed by atoms with Gasteiger partial charge in [0, 0.05) is 37.6 Å². The number of aromatic nitrogens is 1. The van der Waals surface area contributed by atoms with Crippen molar-refractivity contribution < 1.29 is 19.1 Å². The first kappa shape index (κ1) is 23.3. The number of pyridine rings is 1. The molecule has 1 aliphatic rings. The molecule has 2 aromatic heterocycles. The Hall–Kier alpha value is -3.46. The van der Waals surface area contributed by atoms with Gasteiger partial charge in [-0.3, -0.25) is 14.0 Å². The van der Waals surface area contributed by atoms with Crippen LogP contribution >= 0.6 is 11.3 Å². The van der Waals surface area contributed by atoms with Gasteiger partial charge in [0.2, 0.25) is 11.3 Å². The topological polar surface area (TPSA) is 82.3 Å². The zero-order valence-electron chi connectivity index (χ0n) is 19.6. The number of thiazole rings is 1. The Morgan fingerprint density at radius 2 is 1.91 bits per heavy atom. The molecular formula is C26H26FN3O4S. The molecule has 0 aliphatic carbocycles. The minimum absolute atomic E-state index is 0.0561. The van der Waals surface area contributed by atoms with Crippen LogP contribution in [0.2, 0.25) is 0 Å². The summed E-state index contributed by atoms with van der Waals surface area (Å²) in [5.74, 6) is -2.01. The molecule has 182 valence electrons. The molecule has 3 heterocycles. The summed E-state index contributed by atoms with van der Waals surface area (Å²) in [6.45, 7) is 6.03. The lowest BCUT2D eigenvalue weighted by atomic mass is 9.95. The van der Waals surface area contributed by atoms with Crippen molar-refractivity contribution in [3.8, 4) is 0 Å². The highest BCUT2D eigenvalue weighted by Crippen LogP contribution is 2.34. The molecule has 1 amide bonds. The van der Waals surface area contributed by atoms with Gasteiger partial charge in [-0.15, -0.1) is 11.3 Å². The number of amides is 1. The molecule has 0 spiro atoms. The lowest BCUT2D eigenvalue weighted by Gasteiger charge is -2.36. The Labute approximate surface area is 205 Å². The fourth-order valence-corrected chi connectivity index (χ4v) is 6.35. The molecule has 1 saturated heterocycles. The Balaban J connectivity index is 1.68. The summed E-state index contributed by atoms with van der Waals surface area (Å²) in [4.78, 5) is 42.3. The van der Waals surface area contributed by atoms with E-state index in [0.29, 0.717) is 31.7 Å². The second-order valence-corrected chi connectivity index (χ2v) is 9.87. The van der Waals surface area contributed by atoms with Crippen LogP contribution in [0.1, 0.15) is 37.0 Å². The van der Waals surface area contributed by atoms with Gasteiger partial charge in [-0.25, -0.2) is 9.18 Å². The van der Waals surface area contributed by atoms with Crippen LogP contribution in [0.3, 0.4) is 0 Å². The Kier molecular flexibility index (Phi) is 5.96. The summed E-state index contributed by atoms with van der Waals surface area (Å²) in [7, 11) is 0. The van der Waals surface area contributed by atoms with Gasteiger partial charge in [-0.1, -0.05) is 12.1 Å². The van der Waals surface area contributed by atoms with Gasteiger partial charge >= 0.3 is 5.97 Å². The number of carboxylic acids is 1. The second kappa shape index (κ2) is 8.96. The number of nitrogens with zero attached hydrogens (tertiary/aromatic N) is 3. The van der Waals surface area contributed by atoms with E-state index in [0.717, 1.165) is 23.1 Å². The highest BCUT2D eigenvalue weighted by Gasteiger charge is 2.30. The lowest BCUT2D eigenvalue weighted by Crippen LogP contribution is -2.45.